The highest BCUT2D eigenvalue weighted by Gasteiger charge is 2.19. The number of non-ortho nitro benzene ring substituents is 1. The van der Waals surface area contributed by atoms with Crippen molar-refractivity contribution in [2.75, 3.05) is 12.4 Å². The summed E-state index contributed by atoms with van der Waals surface area (Å²) in [5.74, 6) is 1.17. The van der Waals surface area contributed by atoms with E-state index < -0.39 is 9.85 Å². The predicted octanol–water partition coefficient (Wildman–Crippen LogP) is 2.36. The number of nitrogens with zero attached hydrogens (tertiary/aromatic N) is 2. The van der Waals surface area contributed by atoms with Gasteiger partial charge in [-0.25, -0.2) is 0 Å². The Kier molecular flexibility index (Phi) is 5.71. The summed E-state index contributed by atoms with van der Waals surface area (Å²) in [4.78, 5) is 20.2. The molecule has 8 heteroatoms. The lowest BCUT2D eigenvalue weighted by molar-refractivity contribution is -0.394. The first-order chi connectivity index (χ1) is 8.95. The first kappa shape index (κ1) is 15.4. The molecule has 0 aliphatic carbocycles. The van der Waals surface area contributed by atoms with E-state index in [-0.39, 0.29) is 23.9 Å². The number of aliphatic hydroxyl groups excluding tert-OH is 1. The van der Waals surface area contributed by atoms with Gasteiger partial charge in [0.25, 0.3) is 11.4 Å². The predicted molar refractivity (Wildman–Crippen MR) is 72.2 cm³/mol. The molecule has 0 fully saturated rings. The van der Waals surface area contributed by atoms with Crippen LogP contribution in [0.3, 0.4) is 0 Å². The fourth-order valence-corrected chi connectivity index (χ4v) is 2.47. The standard InChI is InChI=1S/C11H14N2O5S/c1-8(5-14)6-19-7-9-2-3-10(12(15)16)4-11(9)13(17)18/h2-4,8,14H,5-7H2,1H3. The zero-order valence-electron chi connectivity index (χ0n) is 10.3. The topological polar surface area (TPSA) is 107 Å². The summed E-state index contributed by atoms with van der Waals surface area (Å²) in [7, 11) is 0. The number of nitro benzene ring substituents is 2. The number of aliphatic hydroxyl groups is 1. The van der Waals surface area contributed by atoms with E-state index in [9.17, 15) is 20.2 Å². The molecule has 1 aromatic carbocycles. The van der Waals surface area contributed by atoms with Gasteiger partial charge in [0.2, 0.25) is 0 Å². The smallest absolute Gasteiger partial charge is 0.280 e. The van der Waals surface area contributed by atoms with E-state index in [4.69, 9.17) is 5.11 Å². The van der Waals surface area contributed by atoms with Crippen molar-refractivity contribution in [1.29, 1.82) is 0 Å². The van der Waals surface area contributed by atoms with Crippen LogP contribution in [-0.4, -0.2) is 27.3 Å². The maximum atomic E-state index is 10.9. The SMILES string of the molecule is CC(CO)CSCc1ccc([N+](=O)[O-])cc1[N+](=O)[O-]. The monoisotopic (exact) mass is 286 g/mol. The van der Waals surface area contributed by atoms with Crippen LogP contribution in [0.2, 0.25) is 0 Å². The van der Waals surface area contributed by atoms with Crippen LogP contribution in [0, 0.1) is 26.1 Å². The maximum Gasteiger partial charge on any atom is 0.280 e. The fraction of sp³-hybridized carbons (Fsp3) is 0.455. The van der Waals surface area contributed by atoms with Gasteiger partial charge in [0.1, 0.15) is 0 Å². The lowest BCUT2D eigenvalue weighted by Crippen LogP contribution is -2.04. The minimum absolute atomic E-state index is 0.0648. The van der Waals surface area contributed by atoms with Crippen LogP contribution in [-0.2, 0) is 5.75 Å². The number of rotatable bonds is 7. The van der Waals surface area contributed by atoms with Gasteiger partial charge in [-0.15, -0.1) is 0 Å². The van der Waals surface area contributed by atoms with Crippen molar-refractivity contribution in [2.45, 2.75) is 12.7 Å². The van der Waals surface area contributed by atoms with Crippen molar-refractivity contribution in [1.82, 2.24) is 0 Å². The lowest BCUT2D eigenvalue weighted by Gasteiger charge is -2.07. The average molecular weight is 286 g/mol. The quantitative estimate of drug-likeness (QED) is 0.609. The van der Waals surface area contributed by atoms with E-state index in [1.807, 2.05) is 6.92 Å². The second kappa shape index (κ2) is 7.05. The molecule has 0 aliphatic rings. The van der Waals surface area contributed by atoms with Gasteiger partial charge in [-0.1, -0.05) is 6.92 Å². The van der Waals surface area contributed by atoms with Crippen molar-refractivity contribution in [3.63, 3.8) is 0 Å². The van der Waals surface area contributed by atoms with Gasteiger partial charge in [0.05, 0.1) is 15.9 Å². The molecular formula is C11H14N2O5S. The van der Waals surface area contributed by atoms with Gasteiger partial charge in [0, 0.05) is 24.0 Å². The molecule has 0 aliphatic heterocycles. The summed E-state index contributed by atoms with van der Waals surface area (Å²) in [6.45, 7) is 1.94. The highest BCUT2D eigenvalue weighted by molar-refractivity contribution is 7.98. The van der Waals surface area contributed by atoms with E-state index in [1.165, 1.54) is 23.9 Å². The molecule has 0 aromatic heterocycles. The van der Waals surface area contributed by atoms with E-state index in [0.717, 1.165) is 6.07 Å². The summed E-state index contributed by atoms with van der Waals surface area (Å²) in [6.07, 6.45) is 0. The molecule has 0 saturated carbocycles. The van der Waals surface area contributed by atoms with Crippen LogP contribution >= 0.6 is 11.8 Å². The molecule has 1 aromatic rings. The molecule has 0 saturated heterocycles. The molecule has 0 heterocycles. The number of hydrogen-bond donors (Lipinski definition) is 1. The van der Waals surface area contributed by atoms with Crippen molar-refractivity contribution in [3.8, 4) is 0 Å². The maximum absolute atomic E-state index is 10.9. The molecule has 7 nitrogen and oxygen atoms in total. The Morgan fingerprint density at radius 3 is 2.53 bits per heavy atom. The molecule has 0 radical (unpaired) electrons. The Morgan fingerprint density at radius 1 is 1.32 bits per heavy atom. The summed E-state index contributed by atoms with van der Waals surface area (Å²) >= 11 is 1.45. The number of benzene rings is 1. The normalized spacial score (nSPS) is 12.1. The van der Waals surface area contributed by atoms with E-state index in [0.29, 0.717) is 17.1 Å². The molecule has 1 atom stereocenters. The van der Waals surface area contributed by atoms with Crippen molar-refractivity contribution >= 4 is 23.1 Å². The van der Waals surface area contributed by atoms with Gasteiger partial charge in [-0.05, 0) is 17.7 Å². The molecule has 0 bridgehead atoms. The average Bonchev–Trinajstić information content (AvgIpc) is 2.38. The van der Waals surface area contributed by atoms with Crippen LogP contribution in [0.5, 0.6) is 0 Å². The lowest BCUT2D eigenvalue weighted by atomic mass is 10.2. The second-order valence-electron chi connectivity index (χ2n) is 4.13. The molecule has 1 unspecified atom stereocenters. The Labute approximate surface area is 113 Å². The van der Waals surface area contributed by atoms with E-state index >= 15 is 0 Å². The van der Waals surface area contributed by atoms with Gasteiger partial charge >= 0.3 is 0 Å². The zero-order chi connectivity index (χ0) is 14.4. The minimum atomic E-state index is -0.655. The highest BCUT2D eigenvalue weighted by atomic mass is 32.2. The third-order valence-electron chi connectivity index (χ3n) is 2.45. The van der Waals surface area contributed by atoms with Gasteiger partial charge in [0.15, 0.2) is 0 Å². The fourth-order valence-electron chi connectivity index (χ4n) is 1.38. The number of nitro groups is 2. The summed E-state index contributed by atoms with van der Waals surface area (Å²) in [5.41, 5.74) is -0.0757. The van der Waals surface area contributed by atoms with Crippen LogP contribution in [0.25, 0.3) is 0 Å². The molecule has 19 heavy (non-hydrogen) atoms. The molecule has 1 rings (SSSR count). The molecule has 0 spiro atoms. The largest absolute Gasteiger partial charge is 0.396 e. The zero-order valence-corrected chi connectivity index (χ0v) is 11.1. The molecular weight excluding hydrogens is 272 g/mol. The third-order valence-corrected chi connectivity index (χ3v) is 3.77. The van der Waals surface area contributed by atoms with Crippen molar-refractivity contribution in [3.05, 3.63) is 44.0 Å². The van der Waals surface area contributed by atoms with Crippen molar-refractivity contribution < 1.29 is 15.0 Å². The Hall–Kier alpha value is -1.67. The first-order valence-corrected chi connectivity index (χ1v) is 6.71. The van der Waals surface area contributed by atoms with Gasteiger partial charge < -0.3 is 5.11 Å². The van der Waals surface area contributed by atoms with Gasteiger partial charge in [-0.3, -0.25) is 20.2 Å². The van der Waals surface area contributed by atoms with E-state index in [1.54, 1.807) is 0 Å². The summed E-state index contributed by atoms with van der Waals surface area (Å²) in [5, 5.41) is 30.3. The molecule has 104 valence electrons. The highest BCUT2D eigenvalue weighted by Crippen LogP contribution is 2.28. The van der Waals surface area contributed by atoms with Crippen molar-refractivity contribution in [2.24, 2.45) is 5.92 Å². The van der Waals surface area contributed by atoms with Gasteiger partial charge in [-0.2, -0.15) is 11.8 Å². The number of thioether (sulfide) groups is 1. The van der Waals surface area contributed by atoms with Crippen LogP contribution in [0.1, 0.15) is 12.5 Å². The van der Waals surface area contributed by atoms with E-state index in [2.05, 4.69) is 0 Å². The van der Waals surface area contributed by atoms with Crippen LogP contribution < -0.4 is 0 Å². The summed E-state index contributed by atoms with van der Waals surface area (Å²) < 4.78 is 0. The first-order valence-electron chi connectivity index (χ1n) is 5.56. The minimum Gasteiger partial charge on any atom is -0.396 e. The second-order valence-corrected chi connectivity index (χ2v) is 5.16. The molecule has 1 N–H and O–H groups in total. The Balaban J connectivity index is 2.82. The summed E-state index contributed by atoms with van der Waals surface area (Å²) in [6, 6.07) is 3.65. The van der Waals surface area contributed by atoms with Crippen LogP contribution in [0.4, 0.5) is 11.4 Å². The number of hydrogen-bond acceptors (Lipinski definition) is 6. The Morgan fingerprint density at radius 2 is 2.00 bits per heavy atom. The van der Waals surface area contributed by atoms with Crippen LogP contribution in [0.15, 0.2) is 18.2 Å². The third kappa shape index (κ3) is 4.49. The molecule has 0 amide bonds. The Bertz CT molecular complexity index is 480.